The summed E-state index contributed by atoms with van der Waals surface area (Å²) in [5.74, 6) is 0.477. The summed E-state index contributed by atoms with van der Waals surface area (Å²) in [5.41, 5.74) is 4.49. The Morgan fingerprint density at radius 2 is 2.00 bits per heavy atom. The smallest absolute Gasteiger partial charge is 0.0708 e. The molecule has 0 aliphatic rings. The van der Waals surface area contributed by atoms with Crippen LogP contribution in [-0.2, 0) is 5.88 Å². The van der Waals surface area contributed by atoms with Crippen molar-refractivity contribution >= 4 is 22.5 Å². The minimum atomic E-state index is 0.477. The summed E-state index contributed by atoms with van der Waals surface area (Å²) in [6, 6.07) is 8.34. The second-order valence-electron chi connectivity index (χ2n) is 3.58. The molecular weight excluding hydrogens is 194 g/mol. The van der Waals surface area contributed by atoms with Crippen molar-refractivity contribution in [1.82, 2.24) is 4.98 Å². The summed E-state index contributed by atoms with van der Waals surface area (Å²) in [7, 11) is 0. The molecule has 0 atom stereocenters. The summed E-state index contributed by atoms with van der Waals surface area (Å²) in [6.45, 7) is 4.19. The summed E-state index contributed by atoms with van der Waals surface area (Å²) in [4.78, 5) is 4.46. The molecule has 0 bridgehead atoms. The van der Waals surface area contributed by atoms with Crippen LogP contribution in [0.2, 0.25) is 0 Å². The molecule has 0 radical (unpaired) electrons. The van der Waals surface area contributed by atoms with Crippen molar-refractivity contribution in [3.8, 4) is 0 Å². The van der Waals surface area contributed by atoms with Gasteiger partial charge in [0.25, 0.3) is 0 Å². The van der Waals surface area contributed by atoms with Gasteiger partial charge in [-0.15, -0.1) is 11.6 Å². The topological polar surface area (TPSA) is 12.9 Å². The van der Waals surface area contributed by atoms with E-state index >= 15 is 0 Å². The van der Waals surface area contributed by atoms with E-state index in [4.69, 9.17) is 11.6 Å². The van der Waals surface area contributed by atoms with E-state index in [0.717, 1.165) is 11.2 Å². The highest BCUT2D eigenvalue weighted by Crippen LogP contribution is 2.19. The maximum Gasteiger partial charge on any atom is 0.0708 e. The highest BCUT2D eigenvalue weighted by molar-refractivity contribution is 6.17. The molecule has 0 aliphatic heterocycles. The van der Waals surface area contributed by atoms with Crippen LogP contribution in [0.4, 0.5) is 0 Å². The summed E-state index contributed by atoms with van der Waals surface area (Å²) >= 11 is 5.77. The first kappa shape index (κ1) is 9.47. The molecule has 0 N–H and O–H groups in total. The molecule has 14 heavy (non-hydrogen) atoms. The molecule has 2 heteroatoms. The molecule has 0 fully saturated rings. The van der Waals surface area contributed by atoms with E-state index in [1.807, 2.05) is 6.07 Å². The van der Waals surface area contributed by atoms with Crippen molar-refractivity contribution in [2.75, 3.05) is 0 Å². The largest absolute Gasteiger partial charge is 0.252 e. The van der Waals surface area contributed by atoms with E-state index in [2.05, 4.69) is 37.0 Å². The number of alkyl halides is 1. The van der Waals surface area contributed by atoms with Crippen LogP contribution < -0.4 is 0 Å². The van der Waals surface area contributed by atoms with Crippen LogP contribution in [0, 0.1) is 13.8 Å². The van der Waals surface area contributed by atoms with Gasteiger partial charge < -0.3 is 0 Å². The fraction of sp³-hybridized carbons (Fsp3) is 0.250. The molecule has 0 saturated heterocycles. The van der Waals surface area contributed by atoms with Crippen LogP contribution in [0.3, 0.4) is 0 Å². The maximum atomic E-state index is 5.77. The summed E-state index contributed by atoms with van der Waals surface area (Å²) < 4.78 is 0. The van der Waals surface area contributed by atoms with Crippen molar-refractivity contribution in [3.05, 3.63) is 41.1 Å². The van der Waals surface area contributed by atoms with Crippen LogP contribution in [-0.4, -0.2) is 4.98 Å². The number of nitrogens with zero attached hydrogens (tertiary/aromatic N) is 1. The zero-order chi connectivity index (χ0) is 10.1. The van der Waals surface area contributed by atoms with E-state index in [0.29, 0.717) is 5.88 Å². The first-order chi connectivity index (χ1) is 6.70. The number of benzene rings is 1. The van der Waals surface area contributed by atoms with Gasteiger partial charge in [0.2, 0.25) is 0 Å². The molecule has 1 heterocycles. The quantitative estimate of drug-likeness (QED) is 0.649. The predicted octanol–water partition coefficient (Wildman–Crippen LogP) is 3.59. The van der Waals surface area contributed by atoms with E-state index in [1.165, 1.54) is 16.5 Å². The number of hydrogen-bond acceptors (Lipinski definition) is 1. The fourth-order valence-corrected chi connectivity index (χ4v) is 1.78. The third-order valence-corrected chi connectivity index (χ3v) is 2.63. The summed E-state index contributed by atoms with van der Waals surface area (Å²) in [6.07, 6.45) is 0. The van der Waals surface area contributed by atoms with Crippen molar-refractivity contribution in [3.63, 3.8) is 0 Å². The Morgan fingerprint density at radius 3 is 2.71 bits per heavy atom. The number of fused-ring (bicyclic) bond motifs is 1. The Kier molecular flexibility index (Phi) is 2.42. The second-order valence-corrected chi connectivity index (χ2v) is 3.85. The lowest BCUT2D eigenvalue weighted by molar-refractivity contribution is 1.20. The zero-order valence-corrected chi connectivity index (χ0v) is 9.10. The van der Waals surface area contributed by atoms with Crippen LogP contribution in [0.25, 0.3) is 10.9 Å². The minimum Gasteiger partial charge on any atom is -0.252 e. The van der Waals surface area contributed by atoms with E-state index in [9.17, 15) is 0 Å². The van der Waals surface area contributed by atoms with Gasteiger partial charge in [-0.05, 0) is 37.6 Å². The first-order valence-electron chi connectivity index (χ1n) is 4.63. The lowest BCUT2D eigenvalue weighted by Crippen LogP contribution is -1.90. The molecule has 0 unspecified atom stereocenters. The fourth-order valence-electron chi connectivity index (χ4n) is 1.65. The molecule has 1 nitrogen and oxygen atoms in total. The molecular formula is C12H12ClN. The lowest BCUT2D eigenvalue weighted by Gasteiger charge is -2.05. The highest BCUT2D eigenvalue weighted by atomic mass is 35.5. The molecule has 0 amide bonds. The van der Waals surface area contributed by atoms with Gasteiger partial charge in [0.1, 0.15) is 0 Å². The Morgan fingerprint density at radius 1 is 1.21 bits per heavy atom. The molecule has 0 saturated carbocycles. The van der Waals surface area contributed by atoms with Crippen molar-refractivity contribution in [2.24, 2.45) is 0 Å². The van der Waals surface area contributed by atoms with Crippen molar-refractivity contribution in [1.29, 1.82) is 0 Å². The molecule has 1 aromatic heterocycles. The monoisotopic (exact) mass is 205 g/mol. The number of aryl methyl sites for hydroxylation is 2. The summed E-state index contributed by atoms with van der Waals surface area (Å²) in [5, 5.41) is 1.22. The number of aromatic nitrogens is 1. The molecule has 2 rings (SSSR count). The standard InChI is InChI=1S/C12H12ClN/c1-8-3-4-12-11(5-8)9(2)6-10(7-13)14-12/h3-6H,7H2,1-2H3. The zero-order valence-electron chi connectivity index (χ0n) is 8.34. The van der Waals surface area contributed by atoms with Gasteiger partial charge in [0.05, 0.1) is 17.1 Å². The van der Waals surface area contributed by atoms with Gasteiger partial charge >= 0.3 is 0 Å². The second kappa shape index (κ2) is 3.58. The molecule has 1 aromatic carbocycles. The van der Waals surface area contributed by atoms with Crippen LogP contribution >= 0.6 is 11.6 Å². The number of rotatable bonds is 1. The average molecular weight is 206 g/mol. The van der Waals surface area contributed by atoms with Crippen LogP contribution in [0.1, 0.15) is 16.8 Å². The van der Waals surface area contributed by atoms with E-state index in [1.54, 1.807) is 0 Å². The van der Waals surface area contributed by atoms with Gasteiger partial charge in [-0.25, -0.2) is 0 Å². The van der Waals surface area contributed by atoms with Crippen molar-refractivity contribution < 1.29 is 0 Å². The predicted molar refractivity (Wildman–Crippen MR) is 60.8 cm³/mol. The Bertz CT molecular complexity index is 477. The van der Waals surface area contributed by atoms with Gasteiger partial charge in [-0.2, -0.15) is 0 Å². The Labute approximate surface area is 88.7 Å². The third kappa shape index (κ3) is 1.60. The van der Waals surface area contributed by atoms with Crippen molar-refractivity contribution in [2.45, 2.75) is 19.7 Å². The Hall–Kier alpha value is -1.08. The Balaban J connectivity index is 2.76. The van der Waals surface area contributed by atoms with Gasteiger partial charge in [0, 0.05) is 5.39 Å². The normalized spacial score (nSPS) is 10.8. The van der Waals surface area contributed by atoms with E-state index in [-0.39, 0.29) is 0 Å². The lowest BCUT2D eigenvalue weighted by atomic mass is 10.1. The minimum absolute atomic E-state index is 0.477. The SMILES string of the molecule is Cc1ccc2nc(CCl)cc(C)c2c1. The molecule has 0 aliphatic carbocycles. The van der Waals surface area contributed by atoms with Gasteiger partial charge in [-0.3, -0.25) is 4.98 Å². The van der Waals surface area contributed by atoms with Gasteiger partial charge in [0.15, 0.2) is 0 Å². The molecule has 0 spiro atoms. The number of halogens is 1. The van der Waals surface area contributed by atoms with Gasteiger partial charge in [-0.1, -0.05) is 11.6 Å². The van der Waals surface area contributed by atoms with E-state index < -0.39 is 0 Å². The first-order valence-corrected chi connectivity index (χ1v) is 5.17. The van der Waals surface area contributed by atoms with Crippen LogP contribution in [0.5, 0.6) is 0 Å². The third-order valence-electron chi connectivity index (χ3n) is 2.36. The maximum absolute atomic E-state index is 5.77. The molecule has 2 aromatic rings. The average Bonchev–Trinajstić information content (AvgIpc) is 2.19. The highest BCUT2D eigenvalue weighted by Gasteiger charge is 2.01. The van der Waals surface area contributed by atoms with Crippen LogP contribution in [0.15, 0.2) is 24.3 Å². The molecule has 72 valence electrons. The number of pyridine rings is 1. The number of hydrogen-bond donors (Lipinski definition) is 0.